The van der Waals surface area contributed by atoms with Gasteiger partial charge in [0.05, 0.1) is 0 Å². The van der Waals surface area contributed by atoms with Crippen LogP contribution in [0.5, 0.6) is 0 Å². The van der Waals surface area contributed by atoms with Crippen LogP contribution in [0.3, 0.4) is 0 Å². The molecule has 1 atom stereocenters. The molecule has 2 aromatic carbocycles. The van der Waals surface area contributed by atoms with Crippen molar-refractivity contribution in [2.24, 2.45) is 5.73 Å². The van der Waals surface area contributed by atoms with E-state index in [0.29, 0.717) is 6.54 Å². The van der Waals surface area contributed by atoms with Gasteiger partial charge < -0.3 is 15.8 Å². The van der Waals surface area contributed by atoms with Gasteiger partial charge in [0.1, 0.15) is 5.60 Å². The van der Waals surface area contributed by atoms with Crippen LogP contribution in [0.15, 0.2) is 42.5 Å². The van der Waals surface area contributed by atoms with Crippen molar-refractivity contribution in [2.75, 3.05) is 6.54 Å². The normalized spacial score (nSPS) is 13.0. The van der Waals surface area contributed by atoms with Crippen LogP contribution in [0.1, 0.15) is 32.4 Å². The number of hydrogen-bond donors (Lipinski definition) is 2. The van der Waals surface area contributed by atoms with Gasteiger partial charge in [-0.3, -0.25) is 0 Å². The molecule has 4 heteroatoms. The lowest BCUT2D eigenvalue weighted by atomic mass is 10.0. The zero-order valence-electron chi connectivity index (χ0n) is 12.7. The largest absolute Gasteiger partial charge is 0.444 e. The van der Waals surface area contributed by atoms with Crippen LogP contribution in [0.2, 0.25) is 0 Å². The number of nitrogens with two attached hydrogens (primary N) is 1. The zero-order chi connectivity index (χ0) is 15.5. The third kappa shape index (κ3) is 4.46. The molecule has 0 aliphatic rings. The summed E-state index contributed by atoms with van der Waals surface area (Å²) in [7, 11) is 0. The first-order chi connectivity index (χ1) is 9.85. The van der Waals surface area contributed by atoms with Crippen LogP contribution in [0.25, 0.3) is 10.8 Å². The molecule has 4 nitrogen and oxygen atoms in total. The van der Waals surface area contributed by atoms with Crippen molar-refractivity contribution >= 4 is 16.9 Å². The first-order valence-corrected chi connectivity index (χ1v) is 7.06. The molecule has 3 N–H and O–H groups in total. The summed E-state index contributed by atoms with van der Waals surface area (Å²) in [4.78, 5) is 11.6. The predicted molar refractivity (Wildman–Crippen MR) is 85.1 cm³/mol. The summed E-state index contributed by atoms with van der Waals surface area (Å²) in [5.74, 6) is 0. The van der Waals surface area contributed by atoms with E-state index < -0.39 is 11.7 Å². The lowest BCUT2D eigenvalue weighted by molar-refractivity contribution is 0.0524. The molecule has 112 valence electrons. The Morgan fingerprint density at radius 1 is 1.19 bits per heavy atom. The Hall–Kier alpha value is -2.07. The summed E-state index contributed by atoms with van der Waals surface area (Å²) in [6.45, 7) is 5.83. The molecule has 0 saturated carbocycles. The van der Waals surface area contributed by atoms with Crippen LogP contribution in [0, 0.1) is 0 Å². The summed E-state index contributed by atoms with van der Waals surface area (Å²) < 4.78 is 5.19. The summed E-state index contributed by atoms with van der Waals surface area (Å²) in [5, 5.41) is 5.02. The molecule has 2 aromatic rings. The van der Waals surface area contributed by atoms with Gasteiger partial charge in [-0.25, -0.2) is 4.79 Å². The molecule has 0 aliphatic heterocycles. The van der Waals surface area contributed by atoms with E-state index in [0.717, 1.165) is 10.9 Å². The molecule has 21 heavy (non-hydrogen) atoms. The topological polar surface area (TPSA) is 64.3 Å². The molecule has 0 radical (unpaired) electrons. The molecule has 1 amide bonds. The Kier molecular flexibility index (Phi) is 4.48. The highest BCUT2D eigenvalue weighted by Gasteiger charge is 2.16. The number of benzene rings is 2. The summed E-state index contributed by atoms with van der Waals surface area (Å²) >= 11 is 0. The minimum Gasteiger partial charge on any atom is -0.444 e. The molecule has 0 saturated heterocycles. The Labute approximate surface area is 125 Å². The quantitative estimate of drug-likeness (QED) is 0.909. The van der Waals surface area contributed by atoms with E-state index in [1.165, 1.54) is 5.39 Å². The third-order valence-corrected chi connectivity index (χ3v) is 3.07. The molecule has 0 aromatic heterocycles. The molecule has 0 heterocycles. The average molecular weight is 286 g/mol. The SMILES string of the molecule is CC(C)(C)OC(=O)NCC(N)c1ccc2ccccc2c1. The second-order valence-electron chi connectivity index (χ2n) is 6.10. The van der Waals surface area contributed by atoms with Crippen molar-refractivity contribution in [1.82, 2.24) is 5.32 Å². The molecular formula is C17H22N2O2. The lowest BCUT2D eigenvalue weighted by Gasteiger charge is -2.21. The highest BCUT2D eigenvalue weighted by Crippen LogP contribution is 2.19. The summed E-state index contributed by atoms with van der Waals surface area (Å²) in [6, 6.07) is 13.9. The number of carbonyl (C=O) groups excluding carboxylic acids is 1. The number of fused-ring (bicyclic) bond motifs is 1. The van der Waals surface area contributed by atoms with Gasteiger partial charge in [-0.15, -0.1) is 0 Å². The predicted octanol–water partition coefficient (Wildman–Crippen LogP) is 3.36. The van der Waals surface area contributed by atoms with Gasteiger partial charge in [-0.1, -0.05) is 36.4 Å². The van der Waals surface area contributed by atoms with E-state index in [1.807, 2.05) is 51.1 Å². The summed E-state index contributed by atoms with van der Waals surface area (Å²) in [6.07, 6.45) is -0.446. The van der Waals surface area contributed by atoms with Crippen molar-refractivity contribution in [3.8, 4) is 0 Å². The molecule has 2 rings (SSSR count). The van der Waals surface area contributed by atoms with Crippen molar-refractivity contribution < 1.29 is 9.53 Å². The van der Waals surface area contributed by atoms with Gasteiger partial charge in [0.15, 0.2) is 0 Å². The first kappa shape index (κ1) is 15.3. The minimum atomic E-state index is -0.503. The van der Waals surface area contributed by atoms with E-state index in [9.17, 15) is 4.79 Å². The smallest absolute Gasteiger partial charge is 0.407 e. The fraction of sp³-hybridized carbons (Fsp3) is 0.353. The van der Waals surface area contributed by atoms with Crippen molar-refractivity contribution in [2.45, 2.75) is 32.4 Å². The maximum Gasteiger partial charge on any atom is 0.407 e. The number of ether oxygens (including phenoxy) is 1. The second-order valence-corrected chi connectivity index (χ2v) is 6.10. The Morgan fingerprint density at radius 3 is 2.52 bits per heavy atom. The maximum absolute atomic E-state index is 11.6. The van der Waals surface area contributed by atoms with E-state index in [-0.39, 0.29) is 6.04 Å². The zero-order valence-corrected chi connectivity index (χ0v) is 12.7. The third-order valence-electron chi connectivity index (χ3n) is 3.07. The van der Waals surface area contributed by atoms with Gasteiger partial charge in [-0.05, 0) is 43.2 Å². The molecule has 1 unspecified atom stereocenters. The Balaban J connectivity index is 1.99. The van der Waals surface area contributed by atoms with Crippen LogP contribution >= 0.6 is 0 Å². The van der Waals surface area contributed by atoms with E-state index in [2.05, 4.69) is 17.4 Å². The molecule has 0 spiro atoms. The molecule has 0 fully saturated rings. The van der Waals surface area contributed by atoms with E-state index >= 15 is 0 Å². The molecular weight excluding hydrogens is 264 g/mol. The van der Waals surface area contributed by atoms with Gasteiger partial charge in [-0.2, -0.15) is 0 Å². The average Bonchev–Trinajstić information content (AvgIpc) is 2.42. The lowest BCUT2D eigenvalue weighted by Crippen LogP contribution is -2.36. The van der Waals surface area contributed by atoms with Crippen molar-refractivity contribution in [1.29, 1.82) is 0 Å². The van der Waals surface area contributed by atoms with E-state index in [4.69, 9.17) is 10.5 Å². The minimum absolute atomic E-state index is 0.262. The second kappa shape index (κ2) is 6.14. The number of carbonyl (C=O) groups is 1. The van der Waals surface area contributed by atoms with Crippen molar-refractivity contribution in [3.63, 3.8) is 0 Å². The van der Waals surface area contributed by atoms with Crippen LogP contribution < -0.4 is 11.1 Å². The number of alkyl carbamates (subject to hydrolysis) is 1. The Morgan fingerprint density at radius 2 is 1.86 bits per heavy atom. The fourth-order valence-electron chi connectivity index (χ4n) is 2.06. The van der Waals surface area contributed by atoms with Crippen LogP contribution in [-0.2, 0) is 4.74 Å². The summed E-state index contributed by atoms with van der Waals surface area (Å²) in [5.41, 5.74) is 6.62. The fourth-order valence-corrected chi connectivity index (χ4v) is 2.06. The standard InChI is InChI=1S/C17H22N2O2/c1-17(2,3)21-16(20)19-11-15(18)14-9-8-12-6-4-5-7-13(12)10-14/h4-10,15H,11,18H2,1-3H3,(H,19,20). The van der Waals surface area contributed by atoms with Crippen LogP contribution in [-0.4, -0.2) is 18.2 Å². The maximum atomic E-state index is 11.6. The van der Waals surface area contributed by atoms with E-state index in [1.54, 1.807) is 0 Å². The highest BCUT2D eigenvalue weighted by molar-refractivity contribution is 5.83. The van der Waals surface area contributed by atoms with Crippen LogP contribution in [0.4, 0.5) is 4.79 Å². The number of hydrogen-bond acceptors (Lipinski definition) is 3. The molecule has 0 aliphatic carbocycles. The molecule has 0 bridgehead atoms. The monoisotopic (exact) mass is 286 g/mol. The van der Waals surface area contributed by atoms with Gasteiger partial charge in [0.25, 0.3) is 0 Å². The van der Waals surface area contributed by atoms with Gasteiger partial charge in [0, 0.05) is 12.6 Å². The van der Waals surface area contributed by atoms with Crippen molar-refractivity contribution in [3.05, 3.63) is 48.0 Å². The first-order valence-electron chi connectivity index (χ1n) is 7.06. The number of amides is 1. The Bertz CT molecular complexity index is 632. The van der Waals surface area contributed by atoms with Gasteiger partial charge >= 0.3 is 6.09 Å². The highest BCUT2D eigenvalue weighted by atomic mass is 16.6. The number of rotatable bonds is 3. The van der Waals surface area contributed by atoms with Gasteiger partial charge in [0.2, 0.25) is 0 Å². The number of nitrogens with one attached hydrogen (secondary N) is 1.